The van der Waals surface area contributed by atoms with Gasteiger partial charge in [0.2, 0.25) is 0 Å². The van der Waals surface area contributed by atoms with Gasteiger partial charge in [0.05, 0.1) is 12.7 Å². The van der Waals surface area contributed by atoms with Crippen LogP contribution < -0.4 is 5.32 Å². The number of hydrogen-bond acceptors (Lipinski definition) is 6. The molecule has 0 atom stereocenters. The summed E-state index contributed by atoms with van der Waals surface area (Å²) >= 11 is 0. The number of para-hydroxylation sites is 1. The number of carbonyl (C=O) groups excluding carboxylic acids is 2. The first-order valence-corrected chi connectivity index (χ1v) is 7.63. The van der Waals surface area contributed by atoms with Crippen molar-refractivity contribution in [3.05, 3.63) is 59.9 Å². The highest BCUT2D eigenvalue weighted by molar-refractivity contribution is 6.02. The second-order valence-corrected chi connectivity index (χ2v) is 5.40. The van der Waals surface area contributed by atoms with Gasteiger partial charge in [-0.25, -0.2) is 9.78 Å². The van der Waals surface area contributed by atoms with Crippen molar-refractivity contribution in [3.8, 4) is 0 Å². The van der Waals surface area contributed by atoms with Crippen LogP contribution in [0.2, 0.25) is 0 Å². The van der Waals surface area contributed by atoms with Crippen molar-refractivity contribution in [1.82, 2.24) is 15.3 Å². The van der Waals surface area contributed by atoms with Crippen LogP contribution in [0.4, 0.5) is 13.2 Å². The van der Waals surface area contributed by atoms with Crippen molar-refractivity contribution in [1.29, 1.82) is 0 Å². The lowest BCUT2D eigenvalue weighted by Crippen LogP contribution is -2.23. The number of esters is 1. The predicted octanol–water partition coefficient (Wildman–Crippen LogP) is 2.87. The topological polar surface area (TPSA) is 94.3 Å². The Morgan fingerprint density at radius 1 is 1.22 bits per heavy atom. The molecule has 0 radical (unpaired) electrons. The molecule has 10 heteroatoms. The summed E-state index contributed by atoms with van der Waals surface area (Å²) < 4.78 is 46.4. The Labute approximate surface area is 150 Å². The summed E-state index contributed by atoms with van der Waals surface area (Å²) in [5, 5.41) is 3.06. The smallest absolute Gasteiger partial charge is 0.422 e. The molecular formula is C17H12F3N3O4. The number of halogens is 3. The van der Waals surface area contributed by atoms with Crippen molar-refractivity contribution in [2.24, 2.45) is 0 Å². The molecule has 2 heterocycles. The fourth-order valence-electron chi connectivity index (χ4n) is 2.26. The Morgan fingerprint density at radius 2 is 2.04 bits per heavy atom. The van der Waals surface area contributed by atoms with E-state index in [0.29, 0.717) is 11.1 Å². The van der Waals surface area contributed by atoms with Gasteiger partial charge < -0.3 is 14.5 Å². The van der Waals surface area contributed by atoms with Crippen LogP contribution in [0.1, 0.15) is 26.6 Å². The Hall–Kier alpha value is -3.43. The molecular weight excluding hydrogens is 367 g/mol. The van der Waals surface area contributed by atoms with Crippen molar-refractivity contribution in [2.45, 2.75) is 12.7 Å². The van der Waals surface area contributed by atoms with E-state index in [4.69, 9.17) is 4.42 Å². The van der Waals surface area contributed by atoms with Crippen molar-refractivity contribution < 1.29 is 31.9 Å². The van der Waals surface area contributed by atoms with E-state index in [-0.39, 0.29) is 23.4 Å². The number of fused-ring (bicyclic) bond motifs is 1. The van der Waals surface area contributed by atoms with Gasteiger partial charge in [0, 0.05) is 17.8 Å². The molecule has 0 aliphatic rings. The largest absolute Gasteiger partial charge is 0.458 e. The summed E-state index contributed by atoms with van der Waals surface area (Å²) in [6.45, 7) is -1.70. The van der Waals surface area contributed by atoms with Crippen LogP contribution in [-0.4, -0.2) is 34.6 Å². The molecule has 27 heavy (non-hydrogen) atoms. The standard InChI is InChI=1S/C17H12F3N3O4/c18-17(19,20)9-26-16(25)12-3-1-2-10-6-11(27-14(10)12)7-23-15(24)13-8-21-4-5-22-13/h1-6,8H,7,9H2,(H,23,24). The molecule has 7 nitrogen and oxygen atoms in total. The summed E-state index contributed by atoms with van der Waals surface area (Å²) in [6, 6.07) is 5.97. The number of carbonyl (C=O) groups is 2. The van der Waals surface area contributed by atoms with E-state index in [1.54, 1.807) is 12.1 Å². The van der Waals surface area contributed by atoms with Gasteiger partial charge in [-0.3, -0.25) is 9.78 Å². The fourth-order valence-corrected chi connectivity index (χ4v) is 2.26. The molecule has 1 amide bonds. The molecule has 0 unspecified atom stereocenters. The summed E-state index contributed by atoms with van der Waals surface area (Å²) in [6.07, 6.45) is -0.532. The third-order valence-corrected chi connectivity index (χ3v) is 3.40. The number of ether oxygens (including phenoxy) is 1. The second-order valence-electron chi connectivity index (χ2n) is 5.40. The maximum absolute atomic E-state index is 12.2. The second kappa shape index (κ2) is 7.44. The number of nitrogens with one attached hydrogen (secondary N) is 1. The van der Waals surface area contributed by atoms with Gasteiger partial charge in [-0.05, 0) is 12.1 Å². The van der Waals surface area contributed by atoms with Gasteiger partial charge in [-0.2, -0.15) is 13.2 Å². The van der Waals surface area contributed by atoms with E-state index in [0.717, 1.165) is 0 Å². The van der Waals surface area contributed by atoms with E-state index in [1.807, 2.05) is 0 Å². The summed E-state index contributed by atoms with van der Waals surface area (Å²) in [5.74, 6) is -1.32. The molecule has 0 bridgehead atoms. The normalized spacial score (nSPS) is 11.4. The average molecular weight is 379 g/mol. The van der Waals surface area contributed by atoms with Gasteiger partial charge in [-0.1, -0.05) is 12.1 Å². The number of amides is 1. The molecule has 0 fully saturated rings. The van der Waals surface area contributed by atoms with E-state index in [1.165, 1.54) is 30.7 Å². The highest BCUT2D eigenvalue weighted by Gasteiger charge is 2.30. The number of furan rings is 1. The monoisotopic (exact) mass is 379 g/mol. The van der Waals surface area contributed by atoms with Crippen LogP contribution >= 0.6 is 0 Å². The Kier molecular flexibility index (Phi) is 5.06. The summed E-state index contributed by atoms with van der Waals surface area (Å²) in [5.41, 5.74) is 0.0571. The summed E-state index contributed by atoms with van der Waals surface area (Å²) in [4.78, 5) is 31.5. The molecule has 3 aromatic rings. The third-order valence-electron chi connectivity index (χ3n) is 3.40. The van der Waals surface area contributed by atoms with Crippen LogP contribution in [0.3, 0.4) is 0 Å². The van der Waals surface area contributed by atoms with Gasteiger partial charge >= 0.3 is 12.1 Å². The molecule has 2 aromatic heterocycles. The number of aromatic nitrogens is 2. The van der Waals surface area contributed by atoms with Gasteiger partial charge in [0.1, 0.15) is 22.6 Å². The first-order chi connectivity index (χ1) is 12.8. The molecule has 1 N–H and O–H groups in total. The minimum absolute atomic E-state index is 0.0128. The lowest BCUT2D eigenvalue weighted by atomic mass is 10.1. The zero-order valence-electron chi connectivity index (χ0n) is 13.6. The molecule has 3 rings (SSSR count). The third kappa shape index (κ3) is 4.60. The summed E-state index contributed by atoms with van der Waals surface area (Å²) in [7, 11) is 0. The molecule has 1 aromatic carbocycles. The minimum atomic E-state index is -4.62. The van der Waals surface area contributed by atoms with Crippen LogP contribution in [0, 0.1) is 0 Å². The highest BCUT2D eigenvalue weighted by atomic mass is 19.4. The quantitative estimate of drug-likeness (QED) is 0.685. The Morgan fingerprint density at radius 3 is 2.74 bits per heavy atom. The zero-order valence-corrected chi connectivity index (χ0v) is 13.6. The Balaban J connectivity index is 1.73. The molecule has 0 saturated carbocycles. The lowest BCUT2D eigenvalue weighted by molar-refractivity contribution is -0.161. The SMILES string of the molecule is O=C(NCc1cc2cccc(C(=O)OCC(F)(F)F)c2o1)c1cnccn1. The van der Waals surface area contributed by atoms with Crippen LogP contribution in [0.5, 0.6) is 0 Å². The zero-order chi connectivity index (χ0) is 19.4. The van der Waals surface area contributed by atoms with Crippen molar-refractivity contribution in [3.63, 3.8) is 0 Å². The van der Waals surface area contributed by atoms with Crippen LogP contribution in [0.15, 0.2) is 47.3 Å². The molecule has 0 aliphatic heterocycles. The van der Waals surface area contributed by atoms with Gasteiger partial charge in [0.15, 0.2) is 6.61 Å². The minimum Gasteiger partial charge on any atom is -0.458 e. The van der Waals surface area contributed by atoms with Crippen molar-refractivity contribution >= 4 is 22.8 Å². The average Bonchev–Trinajstić information content (AvgIpc) is 3.07. The van der Waals surface area contributed by atoms with E-state index < -0.39 is 24.7 Å². The fraction of sp³-hybridized carbons (Fsp3) is 0.176. The Bertz CT molecular complexity index is 970. The first kappa shape index (κ1) is 18.4. The van der Waals surface area contributed by atoms with E-state index >= 15 is 0 Å². The predicted molar refractivity (Wildman–Crippen MR) is 85.8 cm³/mol. The number of hydrogen-bond donors (Lipinski definition) is 1. The molecule has 0 spiro atoms. The van der Waals surface area contributed by atoms with E-state index in [2.05, 4.69) is 20.0 Å². The number of alkyl halides is 3. The molecule has 0 saturated heterocycles. The van der Waals surface area contributed by atoms with Crippen LogP contribution in [0.25, 0.3) is 11.0 Å². The van der Waals surface area contributed by atoms with Gasteiger partial charge in [0.25, 0.3) is 5.91 Å². The maximum atomic E-state index is 12.2. The number of rotatable bonds is 5. The van der Waals surface area contributed by atoms with E-state index in [9.17, 15) is 22.8 Å². The van der Waals surface area contributed by atoms with Crippen molar-refractivity contribution in [2.75, 3.05) is 6.61 Å². The lowest BCUT2D eigenvalue weighted by Gasteiger charge is -2.07. The maximum Gasteiger partial charge on any atom is 0.422 e. The van der Waals surface area contributed by atoms with Crippen LogP contribution in [-0.2, 0) is 11.3 Å². The molecule has 140 valence electrons. The number of nitrogens with zero attached hydrogens (tertiary/aromatic N) is 2. The highest BCUT2D eigenvalue weighted by Crippen LogP contribution is 2.25. The molecule has 0 aliphatic carbocycles. The number of benzene rings is 1. The van der Waals surface area contributed by atoms with Gasteiger partial charge in [-0.15, -0.1) is 0 Å². The first-order valence-electron chi connectivity index (χ1n) is 7.63.